The molecule has 8 heteroatoms. The first kappa shape index (κ1) is 20.3. The van der Waals surface area contributed by atoms with Crippen LogP contribution in [-0.4, -0.2) is 43.2 Å². The summed E-state index contributed by atoms with van der Waals surface area (Å²) in [5.41, 5.74) is 3.75. The van der Waals surface area contributed by atoms with Gasteiger partial charge in [-0.05, 0) is 48.7 Å². The smallest absolute Gasteiger partial charge is 0.224 e. The second-order valence-electron chi connectivity index (χ2n) is 7.21. The number of para-hydroxylation sites is 1. The normalized spacial score (nSPS) is 15.2. The monoisotopic (exact) mass is 425 g/mol. The fourth-order valence-electron chi connectivity index (χ4n) is 3.41. The summed E-state index contributed by atoms with van der Waals surface area (Å²) >= 11 is 0. The van der Waals surface area contributed by atoms with Crippen LogP contribution in [0.1, 0.15) is 17.5 Å². The summed E-state index contributed by atoms with van der Waals surface area (Å²) in [5.74, 6) is 0.637. The number of benzene rings is 2. The molecule has 1 unspecified atom stereocenters. The van der Waals surface area contributed by atoms with Crippen molar-refractivity contribution in [2.24, 2.45) is 0 Å². The van der Waals surface area contributed by atoms with Crippen molar-refractivity contribution in [1.29, 1.82) is 0 Å². The molecule has 4 rings (SSSR count). The molecule has 3 aromatic rings. The van der Waals surface area contributed by atoms with Gasteiger partial charge in [-0.1, -0.05) is 18.2 Å². The van der Waals surface area contributed by atoms with Crippen molar-refractivity contribution < 1.29 is 18.8 Å². The number of nitrogens with one attached hydrogen (secondary N) is 1. The van der Waals surface area contributed by atoms with Crippen LogP contribution >= 0.6 is 0 Å². The lowest BCUT2D eigenvalue weighted by atomic mass is 10.0. The Morgan fingerprint density at radius 2 is 2.10 bits per heavy atom. The topological polar surface area (TPSA) is 93.5 Å². The molecule has 1 aliphatic rings. The van der Waals surface area contributed by atoms with Crippen LogP contribution in [0.2, 0.25) is 0 Å². The van der Waals surface area contributed by atoms with Crippen LogP contribution < -0.4 is 10.1 Å². The van der Waals surface area contributed by atoms with E-state index < -0.39 is 16.9 Å². The number of hydrogen-bond donors (Lipinski definition) is 2. The van der Waals surface area contributed by atoms with Crippen molar-refractivity contribution in [2.45, 2.75) is 31.0 Å². The van der Waals surface area contributed by atoms with Crippen LogP contribution in [0.3, 0.4) is 0 Å². The lowest BCUT2D eigenvalue weighted by Crippen LogP contribution is -2.25. The molecule has 7 nitrogen and oxygen atoms in total. The summed E-state index contributed by atoms with van der Waals surface area (Å²) in [6, 6.07) is 13.2. The summed E-state index contributed by atoms with van der Waals surface area (Å²) in [6.07, 6.45) is 3.57. The molecule has 1 aromatic heterocycles. The Morgan fingerprint density at radius 1 is 1.27 bits per heavy atom. The van der Waals surface area contributed by atoms with Crippen LogP contribution in [0.5, 0.6) is 5.75 Å². The first-order valence-electron chi connectivity index (χ1n) is 9.72. The van der Waals surface area contributed by atoms with Gasteiger partial charge in [-0.25, -0.2) is 4.98 Å². The van der Waals surface area contributed by atoms with Gasteiger partial charge in [0.1, 0.15) is 12.4 Å². The number of fused-ring (bicyclic) bond motifs is 1. The Kier molecular flexibility index (Phi) is 5.96. The van der Waals surface area contributed by atoms with Crippen LogP contribution in [0, 0.1) is 6.92 Å². The zero-order valence-corrected chi connectivity index (χ0v) is 17.4. The zero-order valence-electron chi connectivity index (χ0n) is 16.6. The molecular weight excluding hydrogens is 402 g/mol. The van der Waals surface area contributed by atoms with Crippen LogP contribution in [0.4, 0.5) is 5.69 Å². The number of aliphatic hydroxyl groups excluding tert-OH is 1. The number of anilines is 1. The van der Waals surface area contributed by atoms with Gasteiger partial charge in [0.2, 0.25) is 11.1 Å². The number of carbonyl (C=O) groups is 1. The molecule has 30 heavy (non-hydrogen) atoms. The number of ether oxygens (including phenoxy) is 1. The number of aromatic nitrogens is 2. The molecule has 0 fully saturated rings. The molecular formula is C22H23N3O4S. The van der Waals surface area contributed by atoms with Gasteiger partial charge in [-0.3, -0.25) is 13.6 Å². The first-order chi connectivity index (χ1) is 14.5. The molecule has 0 bridgehead atoms. The Balaban J connectivity index is 1.38. The minimum atomic E-state index is -1.49. The minimum Gasteiger partial charge on any atom is -0.491 e. The lowest BCUT2D eigenvalue weighted by molar-refractivity contribution is -0.116. The van der Waals surface area contributed by atoms with Gasteiger partial charge in [0, 0.05) is 24.5 Å². The van der Waals surface area contributed by atoms with E-state index in [0.29, 0.717) is 23.7 Å². The highest BCUT2D eigenvalue weighted by atomic mass is 32.2. The number of amides is 1. The molecule has 0 saturated carbocycles. The standard InChI is InChI=1S/C22H23N3O4S/c1-15-4-2-3-5-20(15)25-11-10-23-22(25)30(28)14-17(26)13-29-18-7-8-19-16(12-18)6-9-21(27)24-19/h2-5,7-8,10-12,17,26H,6,9,13-14H2,1H3,(H,24,27)/t17-,30?/m1/s1. The van der Waals surface area contributed by atoms with E-state index in [1.54, 1.807) is 29.1 Å². The molecule has 0 radical (unpaired) electrons. The van der Waals surface area contributed by atoms with Gasteiger partial charge in [-0.2, -0.15) is 0 Å². The van der Waals surface area contributed by atoms with E-state index in [1.165, 1.54) is 0 Å². The van der Waals surface area contributed by atoms with Crippen molar-refractivity contribution in [3.8, 4) is 11.4 Å². The third-order valence-corrected chi connectivity index (χ3v) is 6.34. The molecule has 1 aliphatic heterocycles. The van der Waals surface area contributed by atoms with Gasteiger partial charge in [0.05, 0.1) is 28.3 Å². The lowest BCUT2D eigenvalue weighted by Gasteiger charge is -2.18. The molecule has 2 aromatic carbocycles. The molecule has 0 spiro atoms. The van der Waals surface area contributed by atoms with Gasteiger partial charge in [0.15, 0.2) is 0 Å². The van der Waals surface area contributed by atoms with E-state index in [-0.39, 0.29) is 18.3 Å². The van der Waals surface area contributed by atoms with Crippen molar-refractivity contribution in [2.75, 3.05) is 17.7 Å². The number of rotatable bonds is 7. The maximum absolute atomic E-state index is 12.8. The van der Waals surface area contributed by atoms with Gasteiger partial charge >= 0.3 is 0 Å². The quantitative estimate of drug-likeness (QED) is 0.607. The molecule has 2 heterocycles. The van der Waals surface area contributed by atoms with E-state index >= 15 is 0 Å². The molecule has 2 atom stereocenters. The summed E-state index contributed by atoms with van der Waals surface area (Å²) in [6.45, 7) is 2.00. The van der Waals surface area contributed by atoms with Crippen molar-refractivity contribution in [3.63, 3.8) is 0 Å². The third-order valence-electron chi connectivity index (χ3n) is 4.94. The Labute approximate surface area is 177 Å². The predicted molar refractivity (Wildman–Crippen MR) is 114 cm³/mol. The van der Waals surface area contributed by atoms with Gasteiger partial charge in [0.25, 0.3) is 0 Å². The summed E-state index contributed by atoms with van der Waals surface area (Å²) in [4.78, 5) is 15.7. The number of imidazole rings is 1. The maximum Gasteiger partial charge on any atom is 0.224 e. The second kappa shape index (κ2) is 8.81. The highest BCUT2D eigenvalue weighted by Gasteiger charge is 2.19. The molecule has 156 valence electrons. The first-order valence-corrected chi connectivity index (χ1v) is 11.0. The number of nitrogens with zero attached hydrogens (tertiary/aromatic N) is 2. The Hall–Kier alpha value is -2.97. The summed E-state index contributed by atoms with van der Waals surface area (Å²) in [5, 5.41) is 13.6. The number of aryl methyl sites for hydroxylation is 2. The SMILES string of the molecule is Cc1ccccc1-n1ccnc1S(=O)C[C@H](O)COc1ccc2c(c1)CCC(=O)N2. The van der Waals surface area contributed by atoms with Crippen LogP contribution in [0.15, 0.2) is 60.0 Å². The summed E-state index contributed by atoms with van der Waals surface area (Å²) in [7, 11) is -1.49. The number of hydrogen-bond acceptors (Lipinski definition) is 5. The van der Waals surface area contributed by atoms with Crippen LogP contribution in [0.25, 0.3) is 5.69 Å². The average Bonchev–Trinajstić information content (AvgIpc) is 3.22. The summed E-state index contributed by atoms with van der Waals surface area (Å²) < 4.78 is 20.3. The molecule has 0 saturated heterocycles. The number of aliphatic hydroxyl groups is 1. The number of carbonyl (C=O) groups excluding carboxylic acids is 1. The third kappa shape index (κ3) is 4.44. The predicted octanol–water partition coefficient (Wildman–Crippen LogP) is 2.61. The fourth-order valence-corrected chi connectivity index (χ4v) is 4.57. The Morgan fingerprint density at radius 3 is 2.93 bits per heavy atom. The maximum atomic E-state index is 12.8. The van der Waals surface area contributed by atoms with E-state index in [1.807, 2.05) is 37.3 Å². The van der Waals surface area contributed by atoms with E-state index in [4.69, 9.17) is 4.74 Å². The van der Waals surface area contributed by atoms with E-state index in [2.05, 4.69) is 10.3 Å². The van der Waals surface area contributed by atoms with E-state index in [9.17, 15) is 14.1 Å². The molecule has 2 N–H and O–H groups in total. The zero-order chi connectivity index (χ0) is 21.1. The largest absolute Gasteiger partial charge is 0.491 e. The van der Waals surface area contributed by atoms with Gasteiger partial charge < -0.3 is 15.2 Å². The van der Waals surface area contributed by atoms with E-state index in [0.717, 1.165) is 22.5 Å². The van der Waals surface area contributed by atoms with Crippen molar-refractivity contribution >= 4 is 22.4 Å². The van der Waals surface area contributed by atoms with Crippen LogP contribution in [-0.2, 0) is 22.0 Å². The second-order valence-corrected chi connectivity index (χ2v) is 8.60. The molecule has 1 amide bonds. The Bertz CT molecular complexity index is 1100. The minimum absolute atomic E-state index is 0.0122. The van der Waals surface area contributed by atoms with Crippen molar-refractivity contribution in [1.82, 2.24) is 9.55 Å². The highest BCUT2D eigenvalue weighted by Crippen LogP contribution is 2.27. The van der Waals surface area contributed by atoms with Crippen molar-refractivity contribution in [3.05, 3.63) is 66.0 Å². The highest BCUT2D eigenvalue weighted by molar-refractivity contribution is 7.84. The average molecular weight is 426 g/mol. The van der Waals surface area contributed by atoms with Gasteiger partial charge in [-0.15, -0.1) is 0 Å². The fraction of sp³-hybridized carbons (Fsp3) is 0.273. The molecule has 0 aliphatic carbocycles.